The number of nitrogens with zero attached hydrogens (tertiary/aromatic N) is 2. The summed E-state index contributed by atoms with van der Waals surface area (Å²) in [6, 6.07) is 83.5. The fourth-order valence-corrected chi connectivity index (χ4v) is 13.8. The highest BCUT2D eigenvalue weighted by molar-refractivity contribution is 6.15. The van der Waals surface area contributed by atoms with Gasteiger partial charge < -0.3 is 9.80 Å². The first-order chi connectivity index (χ1) is 35.2. The summed E-state index contributed by atoms with van der Waals surface area (Å²) in [6.45, 7) is 0. The summed E-state index contributed by atoms with van der Waals surface area (Å²) in [6.07, 6.45) is 13.2. The van der Waals surface area contributed by atoms with E-state index in [0.29, 0.717) is 11.8 Å². The molecular formula is C69H58N2. The number of benzene rings is 10. The van der Waals surface area contributed by atoms with Crippen LogP contribution >= 0.6 is 0 Å². The molecule has 0 aliphatic heterocycles. The summed E-state index contributed by atoms with van der Waals surface area (Å²) in [4.78, 5) is 4.97. The number of rotatable bonds is 8. The molecule has 0 aromatic heterocycles. The highest BCUT2D eigenvalue weighted by Gasteiger charge is 2.53. The van der Waals surface area contributed by atoms with Crippen molar-refractivity contribution in [2.75, 3.05) is 9.80 Å². The lowest BCUT2D eigenvalue weighted by Crippen LogP contribution is -2.26. The minimum Gasteiger partial charge on any atom is -0.310 e. The zero-order chi connectivity index (χ0) is 46.9. The molecule has 2 nitrogen and oxygen atoms in total. The van der Waals surface area contributed by atoms with Gasteiger partial charge in [0, 0.05) is 33.8 Å². The normalized spacial score (nSPS) is 15.9. The molecule has 10 aromatic carbocycles. The largest absolute Gasteiger partial charge is 0.310 e. The topological polar surface area (TPSA) is 6.48 Å². The van der Waals surface area contributed by atoms with Gasteiger partial charge in [-0.1, -0.05) is 190 Å². The van der Waals surface area contributed by atoms with Crippen molar-refractivity contribution < 1.29 is 0 Å². The smallest absolute Gasteiger partial charge is 0.0732 e. The van der Waals surface area contributed by atoms with Crippen LogP contribution in [0.3, 0.4) is 0 Å². The van der Waals surface area contributed by atoms with Gasteiger partial charge in [-0.25, -0.2) is 0 Å². The molecule has 2 fully saturated rings. The van der Waals surface area contributed by atoms with Gasteiger partial charge in [0.2, 0.25) is 0 Å². The maximum atomic E-state index is 2.59. The average molecular weight is 915 g/mol. The molecular weight excluding hydrogens is 857 g/mol. The van der Waals surface area contributed by atoms with Crippen LogP contribution in [-0.4, -0.2) is 0 Å². The lowest BCUT2D eigenvalue weighted by molar-refractivity contribution is 0.443. The van der Waals surface area contributed by atoms with Gasteiger partial charge in [-0.2, -0.15) is 0 Å². The van der Waals surface area contributed by atoms with Crippen molar-refractivity contribution in [1.82, 2.24) is 0 Å². The number of para-hydroxylation sites is 2. The highest BCUT2D eigenvalue weighted by atomic mass is 15.1. The van der Waals surface area contributed by atoms with Crippen LogP contribution in [0.15, 0.2) is 218 Å². The Hall–Kier alpha value is -7.68. The van der Waals surface area contributed by atoms with E-state index in [4.69, 9.17) is 0 Å². The van der Waals surface area contributed by atoms with Crippen molar-refractivity contribution >= 4 is 55.7 Å². The van der Waals surface area contributed by atoms with Crippen LogP contribution in [-0.2, 0) is 5.41 Å². The Bertz CT molecular complexity index is 3550. The number of fused-ring (bicyclic) bond motifs is 14. The molecule has 4 aliphatic carbocycles. The van der Waals surface area contributed by atoms with Gasteiger partial charge in [-0.3, -0.25) is 0 Å². The van der Waals surface area contributed by atoms with Gasteiger partial charge in [-0.15, -0.1) is 0 Å². The molecule has 0 amide bonds. The van der Waals surface area contributed by atoms with Gasteiger partial charge in [-0.05, 0) is 176 Å². The quantitative estimate of drug-likeness (QED) is 0.150. The lowest BCUT2D eigenvalue weighted by Gasteiger charge is -2.34. The maximum absolute atomic E-state index is 2.59. The summed E-state index contributed by atoms with van der Waals surface area (Å²) in [7, 11) is 0. The summed E-state index contributed by atoms with van der Waals surface area (Å²) < 4.78 is 0. The summed E-state index contributed by atoms with van der Waals surface area (Å²) in [5, 5.41) is 5.06. The molecule has 2 saturated carbocycles. The van der Waals surface area contributed by atoms with Crippen LogP contribution in [0, 0.1) is 0 Å². The van der Waals surface area contributed by atoms with Crippen molar-refractivity contribution in [2.45, 2.75) is 81.5 Å². The van der Waals surface area contributed by atoms with Crippen LogP contribution in [0.4, 0.5) is 34.1 Å². The highest BCUT2D eigenvalue weighted by Crippen LogP contribution is 2.66. The second-order valence-electron chi connectivity index (χ2n) is 20.8. The van der Waals surface area contributed by atoms with Crippen molar-refractivity contribution in [3.8, 4) is 22.3 Å². The number of anilines is 6. The van der Waals surface area contributed by atoms with Crippen molar-refractivity contribution in [3.05, 3.63) is 252 Å². The zero-order valence-electron chi connectivity index (χ0n) is 40.4. The molecule has 344 valence electrons. The van der Waals surface area contributed by atoms with Gasteiger partial charge in [0.15, 0.2) is 0 Å². The summed E-state index contributed by atoms with van der Waals surface area (Å²) in [5.74, 6) is 1.31. The van der Waals surface area contributed by atoms with E-state index in [-0.39, 0.29) is 0 Å². The Morgan fingerprint density at radius 2 is 0.803 bits per heavy atom. The predicted molar refractivity (Wildman–Crippen MR) is 299 cm³/mol. The van der Waals surface area contributed by atoms with Gasteiger partial charge in [0.25, 0.3) is 0 Å². The van der Waals surface area contributed by atoms with Crippen LogP contribution in [0.5, 0.6) is 0 Å². The zero-order valence-corrected chi connectivity index (χ0v) is 40.4. The number of hydrogen-bond donors (Lipinski definition) is 0. The second kappa shape index (κ2) is 17.3. The monoisotopic (exact) mass is 914 g/mol. The molecule has 71 heavy (non-hydrogen) atoms. The fraction of sp³-hybridized carbons (Fsp3) is 0.188. The minimum absolute atomic E-state index is 0.571. The minimum atomic E-state index is -0.571. The standard InChI is InChI=1S/C69H58N2/c1-5-19-47(20-6-1)49-33-38-54(39-34-49)70(52-23-9-3-10-24-52)56-42-44-57-51(45-56)37-43-62-67-61-30-14-13-29-60(61)66(46-65(67)69(68(57)62)63-31-17-15-27-58(63)59-28-16-18-32-64(59)69)71(53-25-11-4-12-26-53)55-40-35-50(36-41-55)48-21-7-2-8-22-48/h3-4,9-18,23-48H,1-2,5-8,19-22H2. The third kappa shape index (κ3) is 6.75. The van der Waals surface area contributed by atoms with Crippen LogP contribution in [0.2, 0.25) is 0 Å². The van der Waals surface area contributed by atoms with E-state index in [1.54, 1.807) is 0 Å². The molecule has 2 heteroatoms. The van der Waals surface area contributed by atoms with Crippen molar-refractivity contribution in [3.63, 3.8) is 0 Å². The Balaban J connectivity index is 0.997. The molecule has 10 aromatic rings. The molecule has 14 rings (SSSR count). The lowest BCUT2D eigenvalue weighted by atomic mass is 9.69. The Morgan fingerprint density at radius 3 is 1.39 bits per heavy atom. The van der Waals surface area contributed by atoms with E-state index in [9.17, 15) is 0 Å². The van der Waals surface area contributed by atoms with Gasteiger partial charge >= 0.3 is 0 Å². The SMILES string of the molecule is c1ccc(N(c2ccc(C3CCCCC3)cc2)c2ccc3c4c(ccc3c2)-c2c(cc(N(c3ccccc3)c3ccc(C5CCCCC5)cc3)c3ccccc23)C42c3ccccc3-c3ccccc32)cc1. The molecule has 0 radical (unpaired) electrons. The third-order valence-electron chi connectivity index (χ3n) is 17.0. The van der Waals surface area contributed by atoms with E-state index >= 15 is 0 Å². The maximum Gasteiger partial charge on any atom is 0.0732 e. The molecule has 0 N–H and O–H groups in total. The predicted octanol–water partition coefficient (Wildman–Crippen LogP) is 19.4. The third-order valence-corrected chi connectivity index (χ3v) is 17.0. The first kappa shape index (κ1) is 42.2. The summed E-state index contributed by atoms with van der Waals surface area (Å²) in [5.41, 5.74) is 20.1. The van der Waals surface area contributed by atoms with E-state index < -0.39 is 5.41 Å². The number of hydrogen-bond acceptors (Lipinski definition) is 2. The molecule has 0 atom stereocenters. The van der Waals surface area contributed by atoms with E-state index in [2.05, 4.69) is 228 Å². The van der Waals surface area contributed by atoms with Crippen LogP contribution < -0.4 is 9.80 Å². The average Bonchev–Trinajstić information content (AvgIpc) is 3.93. The molecule has 0 unspecified atom stereocenters. The van der Waals surface area contributed by atoms with E-state index in [0.717, 1.165) is 17.1 Å². The van der Waals surface area contributed by atoms with E-state index in [1.165, 1.54) is 158 Å². The van der Waals surface area contributed by atoms with Crippen molar-refractivity contribution in [2.24, 2.45) is 0 Å². The molecule has 0 saturated heterocycles. The Kier molecular flexibility index (Phi) is 10.3. The van der Waals surface area contributed by atoms with E-state index in [1.807, 2.05) is 0 Å². The molecule has 1 spiro atoms. The van der Waals surface area contributed by atoms with Gasteiger partial charge in [0.05, 0.1) is 11.1 Å². The second-order valence-corrected chi connectivity index (χ2v) is 20.8. The Labute approximate surface area is 418 Å². The van der Waals surface area contributed by atoms with Crippen molar-refractivity contribution in [1.29, 1.82) is 0 Å². The van der Waals surface area contributed by atoms with Gasteiger partial charge in [0.1, 0.15) is 0 Å². The van der Waals surface area contributed by atoms with Crippen LogP contribution in [0.1, 0.15) is 109 Å². The first-order valence-corrected chi connectivity index (χ1v) is 26.5. The molecule has 4 aliphatic rings. The fourth-order valence-electron chi connectivity index (χ4n) is 13.8. The molecule has 0 heterocycles. The summed E-state index contributed by atoms with van der Waals surface area (Å²) >= 11 is 0. The molecule has 0 bridgehead atoms. The van der Waals surface area contributed by atoms with Crippen LogP contribution in [0.25, 0.3) is 43.8 Å². The Morgan fingerprint density at radius 1 is 0.324 bits per heavy atom. The first-order valence-electron chi connectivity index (χ1n) is 26.5.